The SMILES string of the molecule is COc1ccccc1OC(=O)CC(O)c1cccc(F)c1. The van der Waals surface area contributed by atoms with Crippen LogP contribution < -0.4 is 9.47 Å². The van der Waals surface area contributed by atoms with Crippen LogP contribution in [0.5, 0.6) is 11.5 Å². The Kier molecular flexibility index (Phi) is 4.90. The molecule has 0 aliphatic carbocycles. The Morgan fingerprint density at radius 1 is 1.19 bits per heavy atom. The van der Waals surface area contributed by atoms with Gasteiger partial charge in [0.15, 0.2) is 11.5 Å². The normalized spacial score (nSPS) is 11.8. The lowest BCUT2D eigenvalue weighted by Gasteiger charge is -2.12. The Morgan fingerprint density at radius 3 is 2.57 bits per heavy atom. The number of hydrogen-bond donors (Lipinski definition) is 1. The summed E-state index contributed by atoms with van der Waals surface area (Å²) in [5.74, 6) is -0.400. The summed E-state index contributed by atoms with van der Waals surface area (Å²) in [6.45, 7) is 0. The van der Waals surface area contributed by atoms with Gasteiger partial charge in [0.05, 0.1) is 19.6 Å². The third-order valence-electron chi connectivity index (χ3n) is 2.89. The van der Waals surface area contributed by atoms with E-state index in [-0.39, 0.29) is 12.2 Å². The van der Waals surface area contributed by atoms with Gasteiger partial charge in [-0.2, -0.15) is 0 Å². The quantitative estimate of drug-likeness (QED) is 0.679. The van der Waals surface area contributed by atoms with Gasteiger partial charge in [-0.15, -0.1) is 0 Å². The molecule has 2 aromatic rings. The Labute approximate surface area is 121 Å². The largest absolute Gasteiger partial charge is 0.493 e. The van der Waals surface area contributed by atoms with E-state index in [9.17, 15) is 14.3 Å². The van der Waals surface area contributed by atoms with Gasteiger partial charge >= 0.3 is 5.97 Å². The number of para-hydroxylation sites is 2. The van der Waals surface area contributed by atoms with Gasteiger partial charge in [0, 0.05) is 0 Å². The number of halogens is 1. The second-order valence-corrected chi connectivity index (χ2v) is 4.40. The molecule has 0 radical (unpaired) electrons. The van der Waals surface area contributed by atoms with Gasteiger partial charge in [-0.3, -0.25) is 4.79 Å². The van der Waals surface area contributed by atoms with Crippen LogP contribution in [0.2, 0.25) is 0 Å². The number of methoxy groups -OCH3 is 1. The molecular formula is C16H15FO4. The van der Waals surface area contributed by atoms with Crippen molar-refractivity contribution in [1.82, 2.24) is 0 Å². The van der Waals surface area contributed by atoms with Gasteiger partial charge < -0.3 is 14.6 Å². The molecule has 0 heterocycles. The van der Waals surface area contributed by atoms with Gasteiger partial charge in [0.25, 0.3) is 0 Å². The first-order valence-corrected chi connectivity index (χ1v) is 6.37. The standard InChI is InChI=1S/C16H15FO4/c1-20-14-7-2-3-8-15(14)21-16(19)10-13(18)11-5-4-6-12(17)9-11/h2-9,13,18H,10H2,1H3. The predicted molar refractivity (Wildman–Crippen MR) is 74.6 cm³/mol. The first-order valence-electron chi connectivity index (χ1n) is 6.37. The van der Waals surface area contributed by atoms with Crippen molar-refractivity contribution >= 4 is 5.97 Å². The molecule has 0 saturated heterocycles. The third-order valence-corrected chi connectivity index (χ3v) is 2.89. The third kappa shape index (κ3) is 4.03. The molecule has 1 N–H and O–H groups in total. The lowest BCUT2D eigenvalue weighted by atomic mass is 10.1. The minimum Gasteiger partial charge on any atom is -0.493 e. The number of benzene rings is 2. The van der Waals surface area contributed by atoms with Crippen LogP contribution >= 0.6 is 0 Å². The summed E-state index contributed by atoms with van der Waals surface area (Å²) in [6.07, 6.45) is -1.40. The molecule has 4 nitrogen and oxygen atoms in total. The summed E-state index contributed by atoms with van der Waals surface area (Å²) in [6, 6.07) is 12.2. The number of carbonyl (C=O) groups excluding carboxylic acids is 1. The van der Waals surface area contributed by atoms with Crippen molar-refractivity contribution in [2.24, 2.45) is 0 Å². The van der Waals surface area contributed by atoms with Crippen molar-refractivity contribution in [3.8, 4) is 11.5 Å². The summed E-state index contributed by atoms with van der Waals surface area (Å²) < 4.78 is 23.3. The van der Waals surface area contributed by atoms with Crippen LogP contribution in [0.1, 0.15) is 18.1 Å². The maximum Gasteiger partial charge on any atom is 0.314 e. The smallest absolute Gasteiger partial charge is 0.314 e. The number of aliphatic hydroxyl groups excluding tert-OH is 1. The van der Waals surface area contributed by atoms with Crippen LogP contribution in [0.15, 0.2) is 48.5 Å². The molecule has 0 saturated carbocycles. The van der Waals surface area contributed by atoms with Gasteiger partial charge in [-0.25, -0.2) is 4.39 Å². The van der Waals surface area contributed by atoms with Crippen LogP contribution in [0, 0.1) is 5.82 Å². The molecule has 0 aliphatic rings. The van der Waals surface area contributed by atoms with E-state index < -0.39 is 17.9 Å². The van der Waals surface area contributed by atoms with Crippen molar-refractivity contribution in [1.29, 1.82) is 0 Å². The Bertz CT molecular complexity index is 627. The zero-order valence-corrected chi connectivity index (χ0v) is 11.5. The number of carbonyl (C=O) groups is 1. The fourth-order valence-corrected chi connectivity index (χ4v) is 1.86. The molecule has 5 heteroatoms. The van der Waals surface area contributed by atoms with Crippen molar-refractivity contribution in [3.05, 3.63) is 59.9 Å². The molecule has 110 valence electrons. The molecule has 2 aromatic carbocycles. The van der Waals surface area contributed by atoms with E-state index in [1.807, 2.05) is 0 Å². The monoisotopic (exact) mass is 290 g/mol. The Morgan fingerprint density at radius 2 is 1.90 bits per heavy atom. The fraction of sp³-hybridized carbons (Fsp3) is 0.188. The van der Waals surface area contributed by atoms with E-state index in [0.29, 0.717) is 11.3 Å². The van der Waals surface area contributed by atoms with E-state index >= 15 is 0 Å². The first-order chi connectivity index (χ1) is 10.1. The molecule has 0 spiro atoms. The zero-order chi connectivity index (χ0) is 15.2. The minimum absolute atomic E-state index is 0.274. The molecular weight excluding hydrogens is 275 g/mol. The lowest BCUT2D eigenvalue weighted by molar-refractivity contribution is -0.136. The van der Waals surface area contributed by atoms with Crippen LogP contribution in [-0.4, -0.2) is 18.2 Å². The van der Waals surface area contributed by atoms with E-state index in [4.69, 9.17) is 9.47 Å². The predicted octanol–water partition coefficient (Wildman–Crippen LogP) is 2.86. The van der Waals surface area contributed by atoms with Crippen LogP contribution in [0.4, 0.5) is 4.39 Å². The number of esters is 1. The van der Waals surface area contributed by atoms with E-state index in [1.54, 1.807) is 30.3 Å². The number of rotatable bonds is 5. The summed E-state index contributed by atoms with van der Waals surface area (Å²) in [7, 11) is 1.47. The molecule has 0 amide bonds. The Balaban J connectivity index is 2.01. The fourth-order valence-electron chi connectivity index (χ4n) is 1.86. The summed E-state index contributed by atoms with van der Waals surface area (Å²) in [5, 5.41) is 9.92. The molecule has 1 unspecified atom stereocenters. The highest BCUT2D eigenvalue weighted by atomic mass is 19.1. The highest BCUT2D eigenvalue weighted by molar-refractivity contribution is 5.74. The van der Waals surface area contributed by atoms with E-state index in [0.717, 1.165) is 0 Å². The highest BCUT2D eigenvalue weighted by Gasteiger charge is 2.16. The second-order valence-electron chi connectivity index (χ2n) is 4.40. The van der Waals surface area contributed by atoms with Crippen LogP contribution in [-0.2, 0) is 4.79 Å². The average molecular weight is 290 g/mol. The van der Waals surface area contributed by atoms with E-state index in [2.05, 4.69) is 0 Å². The number of hydrogen-bond acceptors (Lipinski definition) is 4. The maximum absolute atomic E-state index is 13.1. The molecule has 0 bridgehead atoms. The molecule has 2 rings (SSSR count). The first kappa shape index (κ1) is 15.0. The average Bonchev–Trinajstić information content (AvgIpc) is 2.47. The molecule has 0 fully saturated rings. The highest BCUT2D eigenvalue weighted by Crippen LogP contribution is 2.27. The summed E-state index contributed by atoms with van der Waals surface area (Å²) >= 11 is 0. The van der Waals surface area contributed by atoms with Gasteiger partial charge in [-0.05, 0) is 29.8 Å². The summed E-state index contributed by atoms with van der Waals surface area (Å²) in [5.41, 5.74) is 0.326. The Hall–Kier alpha value is -2.40. The van der Waals surface area contributed by atoms with Crippen molar-refractivity contribution in [2.75, 3.05) is 7.11 Å². The molecule has 0 aliphatic heterocycles. The van der Waals surface area contributed by atoms with Crippen LogP contribution in [0.3, 0.4) is 0 Å². The number of aliphatic hydroxyl groups is 1. The molecule has 0 aromatic heterocycles. The van der Waals surface area contributed by atoms with Crippen molar-refractivity contribution in [3.63, 3.8) is 0 Å². The van der Waals surface area contributed by atoms with Gasteiger partial charge in [-0.1, -0.05) is 24.3 Å². The zero-order valence-electron chi connectivity index (χ0n) is 11.5. The van der Waals surface area contributed by atoms with Gasteiger partial charge in [0.1, 0.15) is 5.82 Å². The van der Waals surface area contributed by atoms with Crippen molar-refractivity contribution in [2.45, 2.75) is 12.5 Å². The van der Waals surface area contributed by atoms with E-state index in [1.165, 1.54) is 25.3 Å². The lowest BCUT2D eigenvalue weighted by Crippen LogP contribution is -2.13. The van der Waals surface area contributed by atoms with Crippen molar-refractivity contribution < 1.29 is 23.8 Å². The second kappa shape index (κ2) is 6.85. The maximum atomic E-state index is 13.1. The minimum atomic E-state index is -1.12. The molecule has 21 heavy (non-hydrogen) atoms. The van der Waals surface area contributed by atoms with Gasteiger partial charge in [0.2, 0.25) is 0 Å². The summed E-state index contributed by atoms with van der Waals surface area (Å²) in [4.78, 5) is 11.8. The molecule has 1 atom stereocenters. The van der Waals surface area contributed by atoms with Crippen LogP contribution in [0.25, 0.3) is 0 Å². The topological polar surface area (TPSA) is 55.8 Å². The number of ether oxygens (including phenoxy) is 2.